The smallest absolute Gasteiger partial charge is 0.253 e. The lowest BCUT2D eigenvalue weighted by Crippen LogP contribution is -2.19. The number of nitrogens with zero attached hydrogens (tertiary/aromatic N) is 2. The van der Waals surface area contributed by atoms with Crippen molar-refractivity contribution in [2.75, 3.05) is 5.32 Å². The molecule has 5 nitrogen and oxygen atoms in total. The molecular formula is C15H11ClN4OS. The second-order valence-electron chi connectivity index (χ2n) is 4.79. The molecule has 1 aromatic carbocycles. The number of pyridine rings is 1. The van der Waals surface area contributed by atoms with Crippen molar-refractivity contribution in [3.63, 3.8) is 0 Å². The lowest BCUT2D eigenvalue weighted by Gasteiger charge is -2.13. The average Bonchev–Trinajstić information content (AvgIpc) is 2.94. The molecule has 7 heteroatoms. The first-order valence-electron chi connectivity index (χ1n) is 6.52. The fourth-order valence-electron chi connectivity index (χ4n) is 2.17. The van der Waals surface area contributed by atoms with Crippen LogP contribution in [0.5, 0.6) is 0 Å². The molecule has 0 fully saturated rings. The third kappa shape index (κ3) is 2.82. The Kier molecular flexibility index (Phi) is 3.84. The van der Waals surface area contributed by atoms with Crippen LogP contribution < -0.4 is 10.9 Å². The highest BCUT2D eigenvalue weighted by Crippen LogP contribution is 2.24. The van der Waals surface area contributed by atoms with Crippen LogP contribution in [0.3, 0.4) is 0 Å². The standard InChI is InChI=1S/C15H11ClN4OS/c1-8(19-15-18-7-11(6-17)22-15)12-5-9-4-10(16)2-3-13(9)20-14(12)21/h2-5,7-8H,1H3,(H,18,19)(H,20,21). The van der Waals surface area contributed by atoms with Gasteiger partial charge in [0.2, 0.25) is 0 Å². The summed E-state index contributed by atoms with van der Waals surface area (Å²) in [5.74, 6) is 0. The Hall–Kier alpha value is -2.36. The minimum absolute atomic E-state index is 0.160. The van der Waals surface area contributed by atoms with Crippen LogP contribution >= 0.6 is 22.9 Å². The molecule has 2 aromatic heterocycles. The number of hydrogen-bond donors (Lipinski definition) is 2. The SMILES string of the molecule is CC(Nc1ncc(C#N)s1)c1cc2cc(Cl)ccc2[nH]c1=O. The van der Waals surface area contributed by atoms with Crippen LogP contribution in [0.1, 0.15) is 23.4 Å². The monoisotopic (exact) mass is 330 g/mol. The van der Waals surface area contributed by atoms with Crippen molar-refractivity contribution in [3.8, 4) is 6.07 Å². The molecule has 0 amide bonds. The molecule has 22 heavy (non-hydrogen) atoms. The lowest BCUT2D eigenvalue weighted by molar-refractivity contribution is 0.863. The molecule has 0 aliphatic heterocycles. The second-order valence-corrected chi connectivity index (χ2v) is 6.26. The summed E-state index contributed by atoms with van der Waals surface area (Å²) in [5, 5.41) is 14.0. The van der Waals surface area contributed by atoms with Crippen LogP contribution in [0.4, 0.5) is 5.13 Å². The third-order valence-electron chi connectivity index (χ3n) is 3.26. The molecule has 2 heterocycles. The van der Waals surface area contributed by atoms with E-state index < -0.39 is 0 Å². The highest BCUT2D eigenvalue weighted by atomic mass is 35.5. The highest BCUT2D eigenvalue weighted by Gasteiger charge is 2.13. The number of halogens is 1. The Morgan fingerprint density at radius 2 is 2.27 bits per heavy atom. The van der Waals surface area contributed by atoms with Crippen molar-refractivity contribution >= 4 is 39.0 Å². The van der Waals surface area contributed by atoms with E-state index in [0.29, 0.717) is 20.6 Å². The van der Waals surface area contributed by atoms with Gasteiger partial charge in [0.25, 0.3) is 5.56 Å². The molecule has 0 aliphatic carbocycles. The highest BCUT2D eigenvalue weighted by molar-refractivity contribution is 7.16. The Labute approximate surface area is 135 Å². The Morgan fingerprint density at radius 1 is 1.45 bits per heavy atom. The molecule has 1 unspecified atom stereocenters. The molecule has 0 saturated carbocycles. The number of thiazole rings is 1. The van der Waals surface area contributed by atoms with Gasteiger partial charge in [0.05, 0.1) is 12.2 Å². The number of H-pyrrole nitrogens is 1. The van der Waals surface area contributed by atoms with E-state index in [4.69, 9.17) is 16.9 Å². The fraction of sp³-hybridized carbons (Fsp3) is 0.133. The van der Waals surface area contributed by atoms with Crippen molar-refractivity contribution in [1.82, 2.24) is 9.97 Å². The summed E-state index contributed by atoms with van der Waals surface area (Å²) in [6, 6.07) is 8.93. The van der Waals surface area contributed by atoms with Crippen LogP contribution in [0, 0.1) is 11.3 Å². The van der Waals surface area contributed by atoms with Gasteiger partial charge in [-0.3, -0.25) is 4.79 Å². The van der Waals surface area contributed by atoms with E-state index in [0.717, 1.165) is 10.9 Å². The topological polar surface area (TPSA) is 81.6 Å². The van der Waals surface area contributed by atoms with Gasteiger partial charge < -0.3 is 10.3 Å². The van der Waals surface area contributed by atoms with E-state index >= 15 is 0 Å². The van der Waals surface area contributed by atoms with E-state index in [1.807, 2.05) is 19.1 Å². The number of anilines is 1. The Bertz CT molecular complexity index is 941. The maximum absolute atomic E-state index is 12.2. The van der Waals surface area contributed by atoms with Gasteiger partial charge in [0.1, 0.15) is 10.9 Å². The minimum Gasteiger partial charge on any atom is -0.355 e. The maximum Gasteiger partial charge on any atom is 0.253 e. The van der Waals surface area contributed by atoms with Gasteiger partial charge in [-0.25, -0.2) is 4.98 Å². The third-order valence-corrected chi connectivity index (χ3v) is 4.33. The molecule has 3 aromatic rings. The number of rotatable bonds is 3. The van der Waals surface area contributed by atoms with Gasteiger partial charge in [-0.05, 0) is 31.2 Å². The van der Waals surface area contributed by atoms with Crippen LogP contribution in [-0.2, 0) is 0 Å². The van der Waals surface area contributed by atoms with E-state index in [1.54, 1.807) is 18.2 Å². The van der Waals surface area contributed by atoms with E-state index in [2.05, 4.69) is 15.3 Å². The average molecular weight is 331 g/mol. The molecule has 0 radical (unpaired) electrons. The first kappa shape index (κ1) is 14.6. The van der Waals surface area contributed by atoms with Crippen molar-refractivity contribution in [2.24, 2.45) is 0 Å². The number of fused-ring (bicyclic) bond motifs is 1. The van der Waals surface area contributed by atoms with Gasteiger partial charge in [0, 0.05) is 21.5 Å². The first-order chi connectivity index (χ1) is 10.6. The van der Waals surface area contributed by atoms with E-state index in [1.165, 1.54) is 17.5 Å². The molecule has 1 atom stereocenters. The summed E-state index contributed by atoms with van der Waals surface area (Å²) in [7, 11) is 0. The predicted octanol–water partition coefficient (Wildman–Crippen LogP) is 3.68. The number of benzene rings is 1. The molecule has 0 aliphatic rings. The Balaban J connectivity index is 1.96. The maximum atomic E-state index is 12.2. The van der Waals surface area contributed by atoms with Gasteiger partial charge in [0.15, 0.2) is 5.13 Å². The van der Waals surface area contributed by atoms with Gasteiger partial charge in [-0.1, -0.05) is 22.9 Å². The minimum atomic E-state index is -0.246. The van der Waals surface area contributed by atoms with Crippen LogP contribution in [0.25, 0.3) is 10.9 Å². The zero-order valence-corrected chi connectivity index (χ0v) is 13.1. The number of aromatic amines is 1. The van der Waals surface area contributed by atoms with Gasteiger partial charge in [-0.2, -0.15) is 5.26 Å². The molecule has 110 valence electrons. The van der Waals surface area contributed by atoms with Crippen molar-refractivity contribution < 1.29 is 0 Å². The van der Waals surface area contributed by atoms with Gasteiger partial charge in [-0.15, -0.1) is 0 Å². The summed E-state index contributed by atoms with van der Waals surface area (Å²) in [6.07, 6.45) is 1.50. The summed E-state index contributed by atoms with van der Waals surface area (Å²) < 4.78 is 0. The molecule has 0 bridgehead atoms. The quantitative estimate of drug-likeness (QED) is 0.767. The molecule has 0 saturated heterocycles. The summed E-state index contributed by atoms with van der Waals surface area (Å²) in [4.78, 5) is 19.7. The van der Waals surface area contributed by atoms with Crippen LogP contribution in [0.2, 0.25) is 5.02 Å². The van der Waals surface area contributed by atoms with Gasteiger partial charge >= 0.3 is 0 Å². The predicted molar refractivity (Wildman–Crippen MR) is 88.4 cm³/mol. The zero-order chi connectivity index (χ0) is 15.7. The molecule has 0 spiro atoms. The number of nitriles is 1. The molecule has 2 N–H and O–H groups in total. The largest absolute Gasteiger partial charge is 0.355 e. The molecule has 3 rings (SSSR count). The van der Waals surface area contributed by atoms with Crippen LogP contribution in [-0.4, -0.2) is 9.97 Å². The summed E-state index contributed by atoms with van der Waals surface area (Å²) in [5.41, 5.74) is 1.17. The van der Waals surface area contributed by atoms with Crippen LogP contribution in [0.15, 0.2) is 35.3 Å². The lowest BCUT2D eigenvalue weighted by atomic mass is 10.1. The van der Waals surface area contributed by atoms with Crippen molar-refractivity contribution in [1.29, 1.82) is 5.26 Å². The van der Waals surface area contributed by atoms with E-state index in [-0.39, 0.29) is 11.6 Å². The normalized spacial score (nSPS) is 12.0. The van der Waals surface area contributed by atoms with E-state index in [9.17, 15) is 4.79 Å². The summed E-state index contributed by atoms with van der Waals surface area (Å²) in [6.45, 7) is 1.87. The number of nitrogens with one attached hydrogen (secondary N) is 2. The van der Waals surface area contributed by atoms with Crippen molar-refractivity contribution in [2.45, 2.75) is 13.0 Å². The summed E-state index contributed by atoms with van der Waals surface area (Å²) >= 11 is 7.24. The fourth-order valence-corrected chi connectivity index (χ4v) is 3.05. The zero-order valence-electron chi connectivity index (χ0n) is 11.6. The molecular weight excluding hydrogens is 320 g/mol. The first-order valence-corrected chi connectivity index (χ1v) is 7.71. The Morgan fingerprint density at radius 3 is 3.00 bits per heavy atom. The number of hydrogen-bond acceptors (Lipinski definition) is 5. The second kappa shape index (κ2) is 5.79. The number of aromatic nitrogens is 2. The van der Waals surface area contributed by atoms with Crippen molar-refractivity contribution in [3.05, 3.63) is 56.3 Å².